The number of carbonyl (C=O) groups is 3. The van der Waals surface area contributed by atoms with Crippen LogP contribution in [-0.4, -0.2) is 82.3 Å². The van der Waals surface area contributed by atoms with Crippen LogP contribution in [-0.2, 0) is 33.3 Å². The molecule has 2 atom stereocenters. The molecule has 0 rings (SSSR count). The molecule has 0 bridgehead atoms. The van der Waals surface area contributed by atoms with Crippen molar-refractivity contribution >= 4 is 17.9 Å². The van der Waals surface area contributed by atoms with E-state index in [9.17, 15) is 19.5 Å². The number of quaternary nitrogens is 1. The van der Waals surface area contributed by atoms with Crippen molar-refractivity contribution in [1.29, 1.82) is 0 Å². The second-order valence-electron chi connectivity index (χ2n) is 25.9. The molecule has 504 valence electrons. The van der Waals surface area contributed by atoms with E-state index < -0.39 is 24.3 Å². The number of nitrogens with zero attached hydrogens (tertiary/aromatic N) is 1. The lowest BCUT2D eigenvalue weighted by Gasteiger charge is -2.26. The highest BCUT2D eigenvalue weighted by Gasteiger charge is 2.22. The highest BCUT2D eigenvalue weighted by molar-refractivity contribution is 5.70. The van der Waals surface area contributed by atoms with Crippen molar-refractivity contribution in [3.63, 3.8) is 0 Å². The third kappa shape index (κ3) is 69.8. The van der Waals surface area contributed by atoms with Gasteiger partial charge in [-0.15, -0.1) is 0 Å². The first kappa shape index (κ1) is 83.5. The van der Waals surface area contributed by atoms with Crippen LogP contribution in [0.25, 0.3) is 0 Å². The number of unbranched alkanes of at least 4 members (excludes halogenated alkanes) is 39. The number of carboxylic acid groups (broad SMARTS) is 1. The van der Waals surface area contributed by atoms with Gasteiger partial charge in [-0.2, -0.15) is 0 Å². The zero-order valence-electron chi connectivity index (χ0n) is 57.6. The van der Waals surface area contributed by atoms with Gasteiger partial charge in [-0.25, -0.2) is 0 Å². The second kappa shape index (κ2) is 68.4. The number of ether oxygens (including phenoxy) is 4. The Balaban J connectivity index is 4.06. The lowest BCUT2D eigenvalue weighted by Crippen LogP contribution is -2.44. The van der Waals surface area contributed by atoms with Gasteiger partial charge < -0.3 is 33.3 Å². The normalized spacial score (nSPS) is 13.2. The maximum absolute atomic E-state index is 13.0. The van der Waals surface area contributed by atoms with Crippen LogP contribution in [0.3, 0.4) is 0 Å². The molecule has 0 aliphatic carbocycles. The Morgan fingerprint density at radius 2 is 0.655 bits per heavy atom. The summed E-state index contributed by atoms with van der Waals surface area (Å²) in [6.07, 6.45) is 89.6. The van der Waals surface area contributed by atoms with Crippen LogP contribution in [0.1, 0.15) is 335 Å². The Kier molecular flexibility index (Phi) is 65.6. The van der Waals surface area contributed by atoms with Gasteiger partial charge in [-0.3, -0.25) is 9.59 Å². The quantitative estimate of drug-likeness (QED) is 0.0195. The molecule has 0 spiro atoms. The van der Waals surface area contributed by atoms with Gasteiger partial charge in [0, 0.05) is 12.8 Å². The first-order chi connectivity index (χ1) is 42.6. The van der Waals surface area contributed by atoms with Crippen LogP contribution < -0.4 is 5.11 Å². The van der Waals surface area contributed by atoms with Crippen LogP contribution in [0.5, 0.6) is 0 Å². The monoisotopic (exact) mass is 1220 g/mol. The fourth-order valence-electron chi connectivity index (χ4n) is 10.5. The molecule has 0 heterocycles. The predicted octanol–water partition coefficient (Wildman–Crippen LogP) is 21.7. The van der Waals surface area contributed by atoms with Gasteiger partial charge in [0.05, 0.1) is 40.3 Å². The lowest BCUT2D eigenvalue weighted by atomic mass is 10.0. The molecular weight excluding hydrogens is 1080 g/mol. The Labute approximate surface area is 538 Å². The van der Waals surface area contributed by atoms with Crippen molar-refractivity contribution in [2.75, 3.05) is 47.5 Å². The van der Waals surface area contributed by atoms with E-state index in [0.717, 1.165) is 70.6 Å². The summed E-state index contributed by atoms with van der Waals surface area (Å²) in [4.78, 5) is 37.5. The average molecular weight is 1220 g/mol. The van der Waals surface area contributed by atoms with E-state index in [1.165, 1.54) is 231 Å². The lowest BCUT2D eigenvalue weighted by molar-refractivity contribution is -0.870. The molecule has 0 aliphatic heterocycles. The largest absolute Gasteiger partial charge is 0.545 e. The van der Waals surface area contributed by atoms with Crippen molar-refractivity contribution in [1.82, 2.24) is 0 Å². The van der Waals surface area contributed by atoms with E-state index in [1.54, 1.807) is 0 Å². The molecule has 0 aromatic carbocycles. The molecule has 87 heavy (non-hydrogen) atoms. The number of esters is 2. The summed E-state index contributed by atoms with van der Waals surface area (Å²) in [7, 11) is 5.94. The summed E-state index contributed by atoms with van der Waals surface area (Å²) in [6, 6.07) is 0. The fourth-order valence-corrected chi connectivity index (χ4v) is 10.5. The van der Waals surface area contributed by atoms with Gasteiger partial charge in [0.1, 0.15) is 13.2 Å². The molecule has 0 saturated carbocycles. The number of rotatable bonds is 68. The van der Waals surface area contributed by atoms with Gasteiger partial charge in [0.15, 0.2) is 12.4 Å². The molecule has 0 saturated heterocycles. The fraction of sp³-hybridized carbons (Fsp3) is 0.782. The standard InChI is InChI=1S/C78H139NO8/c1-6-8-10-12-14-16-18-20-22-24-26-28-30-32-34-36-37-38-39-41-43-45-47-49-51-53-55-57-59-61-63-65-67-69-76(81)87-74(73-86-78(77(82)83)84-71-70-79(3,4)5)72-85-75(80)68-66-64-62-60-58-56-54-52-50-48-46-44-42-40-35-33-31-29-27-25-23-21-19-17-15-13-11-9-7-2/h8,10,14,16,19-22,25-28,31,33,74,78H,6-7,9,11-13,15,17-18,23-24,29-30,32,34-73H2,1-5H3/b10-8-,16-14-,21-19-,22-20-,27-25-,28-26-,33-31-. The van der Waals surface area contributed by atoms with E-state index in [2.05, 4.69) is 98.9 Å². The second-order valence-corrected chi connectivity index (χ2v) is 25.9. The summed E-state index contributed by atoms with van der Waals surface area (Å²) in [5.74, 6) is -2.27. The number of hydrogen-bond acceptors (Lipinski definition) is 8. The van der Waals surface area contributed by atoms with Crippen LogP contribution in [0.4, 0.5) is 0 Å². The SMILES string of the molecule is CC/C=C\C/C=C\C/C=C\C/C=C\CCCCCCCCCCCCCCCCCCCCCCC(=O)OC(COC(=O)CCCCCCCCCCCCCCCC/C=C\C/C=C\C/C=C\CCCCCCC)COC(OCC[N+](C)(C)C)C(=O)[O-]. The molecule has 2 unspecified atom stereocenters. The smallest absolute Gasteiger partial charge is 0.306 e. The van der Waals surface area contributed by atoms with Gasteiger partial charge in [-0.05, 0) is 89.9 Å². The molecule has 0 N–H and O–H groups in total. The third-order valence-electron chi connectivity index (χ3n) is 16.1. The van der Waals surface area contributed by atoms with Gasteiger partial charge in [-0.1, -0.05) is 317 Å². The molecular formula is C78H139NO8. The maximum Gasteiger partial charge on any atom is 0.306 e. The number of aliphatic carboxylic acids is 1. The summed E-state index contributed by atoms with van der Waals surface area (Å²) in [6.45, 7) is 4.67. The maximum atomic E-state index is 13.0. The molecule has 0 aromatic heterocycles. The summed E-state index contributed by atoms with van der Waals surface area (Å²) >= 11 is 0. The van der Waals surface area contributed by atoms with Crippen molar-refractivity contribution in [3.05, 3.63) is 85.1 Å². The highest BCUT2D eigenvalue weighted by Crippen LogP contribution is 2.18. The van der Waals surface area contributed by atoms with Gasteiger partial charge in [0.2, 0.25) is 0 Å². The topological polar surface area (TPSA) is 111 Å². The van der Waals surface area contributed by atoms with Crippen molar-refractivity contribution < 1.29 is 42.9 Å². The number of carbonyl (C=O) groups excluding carboxylic acids is 3. The molecule has 0 radical (unpaired) electrons. The minimum atomic E-state index is -1.62. The number of hydrogen-bond donors (Lipinski definition) is 0. The zero-order chi connectivity index (χ0) is 63.3. The Hall–Kier alpha value is -3.53. The molecule has 0 aromatic rings. The Bertz CT molecular complexity index is 1700. The molecule has 0 aliphatic rings. The summed E-state index contributed by atoms with van der Waals surface area (Å²) in [5, 5.41) is 11.8. The number of allylic oxidation sites excluding steroid dienone is 14. The van der Waals surface area contributed by atoms with Crippen LogP contribution in [0.2, 0.25) is 0 Å². The first-order valence-corrected chi connectivity index (χ1v) is 36.7. The van der Waals surface area contributed by atoms with E-state index >= 15 is 0 Å². The minimum Gasteiger partial charge on any atom is -0.545 e. The Morgan fingerprint density at radius 3 is 0.977 bits per heavy atom. The van der Waals surface area contributed by atoms with Crippen LogP contribution >= 0.6 is 0 Å². The predicted molar refractivity (Wildman–Crippen MR) is 371 cm³/mol. The van der Waals surface area contributed by atoms with E-state index in [4.69, 9.17) is 18.9 Å². The van der Waals surface area contributed by atoms with Crippen molar-refractivity contribution in [3.8, 4) is 0 Å². The van der Waals surface area contributed by atoms with Gasteiger partial charge in [0.25, 0.3) is 0 Å². The zero-order valence-corrected chi connectivity index (χ0v) is 57.6. The minimum absolute atomic E-state index is 0.147. The number of likely N-dealkylation sites (N-methyl/N-ethyl adjacent to an activating group) is 1. The first-order valence-electron chi connectivity index (χ1n) is 36.7. The van der Waals surface area contributed by atoms with Crippen molar-refractivity contribution in [2.45, 2.75) is 347 Å². The summed E-state index contributed by atoms with van der Waals surface area (Å²) < 4.78 is 22.8. The molecule has 9 nitrogen and oxygen atoms in total. The molecule has 9 heteroatoms. The van der Waals surface area contributed by atoms with E-state index in [-0.39, 0.29) is 32.2 Å². The summed E-state index contributed by atoms with van der Waals surface area (Å²) in [5.41, 5.74) is 0. The van der Waals surface area contributed by atoms with Gasteiger partial charge >= 0.3 is 11.9 Å². The van der Waals surface area contributed by atoms with Crippen LogP contribution in [0.15, 0.2) is 85.1 Å². The molecule has 0 amide bonds. The Morgan fingerprint density at radius 1 is 0.356 bits per heavy atom. The van der Waals surface area contributed by atoms with E-state index in [0.29, 0.717) is 23.9 Å². The molecule has 0 fully saturated rings. The average Bonchev–Trinajstić information content (AvgIpc) is 3.59. The van der Waals surface area contributed by atoms with E-state index in [1.807, 2.05) is 21.1 Å². The van der Waals surface area contributed by atoms with Crippen molar-refractivity contribution in [2.24, 2.45) is 0 Å². The number of carboxylic acids is 1. The van der Waals surface area contributed by atoms with Crippen LogP contribution in [0, 0.1) is 0 Å². The third-order valence-corrected chi connectivity index (χ3v) is 16.1. The highest BCUT2D eigenvalue weighted by atomic mass is 16.7.